The van der Waals surface area contributed by atoms with Gasteiger partial charge < -0.3 is 4.52 Å². The zero-order valence-electron chi connectivity index (χ0n) is 10.5. The Morgan fingerprint density at radius 3 is 2.63 bits per heavy atom. The summed E-state index contributed by atoms with van der Waals surface area (Å²) in [6.45, 7) is 3.38. The van der Waals surface area contributed by atoms with Crippen molar-refractivity contribution in [1.29, 1.82) is 0 Å². The number of halogens is 1. The van der Waals surface area contributed by atoms with Crippen molar-refractivity contribution in [2.24, 2.45) is 0 Å². The standard InChI is InChI=1S/C12H13FN2O3S/c1-8-3-4-10(11(13)5-8)7-19(16,17)15-12-6-9(2)18-14-12/h3-6H,7H2,1-2H3,(H,14,15). The Kier molecular flexibility index (Phi) is 3.57. The SMILES string of the molecule is Cc1ccc(CS(=O)(=O)Nc2cc(C)on2)c(F)c1. The summed E-state index contributed by atoms with van der Waals surface area (Å²) in [4.78, 5) is 0. The minimum atomic E-state index is -3.72. The molecule has 0 bridgehead atoms. The molecule has 2 aromatic rings. The Balaban J connectivity index is 2.17. The molecule has 7 heteroatoms. The van der Waals surface area contributed by atoms with Crippen LogP contribution in [-0.4, -0.2) is 13.6 Å². The maximum Gasteiger partial charge on any atom is 0.238 e. The first-order valence-corrected chi connectivity index (χ1v) is 7.20. The van der Waals surface area contributed by atoms with Gasteiger partial charge in [-0.25, -0.2) is 12.8 Å². The smallest absolute Gasteiger partial charge is 0.238 e. The van der Waals surface area contributed by atoms with E-state index in [-0.39, 0.29) is 11.4 Å². The lowest BCUT2D eigenvalue weighted by Crippen LogP contribution is -2.16. The monoisotopic (exact) mass is 284 g/mol. The molecule has 19 heavy (non-hydrogen) atoms. The van der Waals surface area contributed by atoms with Crippen LogP contribution in [0.1, 0.15) is 16.9 Å². The van der Waals surface area contributed by atoms with Gasteiger partial charge in [-0.05, 0) is 25.5 Å². The molecule has 0 atom stereocenters. The number of benzene rings is 1. The third-order valence-electron chi connectivity index (χ3n) is 2.44. The lowest BCUT2D eigenvalue weighted by Gasteiger charge is -2.06. The van der Waals surface area contributed by atoms with Crippen molar-refractivity contribution < 1.29 is 17.3 Å². The summed E-state index contributed by atoms with van der Waals surface area (Å²) in [7, 11) is -3.72. The van der Waals surface area contributed by atoms with E-state index in [4.69, 9.17) is 4.52 Å². The van der Waals surface area contributed by atoms with Gasteiger partial charge in [-0.3, -0.25) is 4.72 Å². The van der Waals surface area contributed by atoms with Crippen LogP contribution in [0.4, 0.5) is 10.2 Å². The number of hydrogen-bond acceptors (Lipinski definition) is 4. The van der Waals surface area contributed by atoms with E-state index in [1.54, 1.807) is 19.9 Å². The minimum Gasteiger partial charge on any atom is -0.360 e. The van der Waals surface area contributed by atoms with Gasteiger partial charge in [0.05, 0.1) is 5.75 Å². The van der Waals surface area contributed by atoms with E-state index < -0.39 is 21.6 Å². The van der Waals surface area contributed by atoms with Crippen LogP contribution in [0.2, 0.25) is 0 Å². The average Bonchev–Trinajstić information content (AvgIpc) is 2.67. The van der Waals surface area contributed by atoms with E-state index in [9.17, 15) is 12.8 Å². The van der Waals surface area contributed by atoms with Gasteiger partial charge in [0.1, 0.15) is 11.6 Å². The van der Waals surface area contributed by atoms with E-state index in [1.165, 1.54) is 18.2 Å². The summed E-state index contributed by atoms with van der Waals surface area (Å²) in [5.74, 6) is -0.420. The van der Waals surface area contributed by atoms with Gasteiger partial charge in [0.25, 0.3) is 0 Å². The van der Waals surface area contributed by atoms with Crippen LogP contribution >= 0.6 is 0 Å². The number of aromatic nitrogens is 1. The van der Waals surface area contributed by atoms with Crippen LogP contribution < -0.4 is 4.72 Å². The first-order valence-electron chi connectivity index (χ1n) is 5.54. The van der Waals surface area contributed by atoms with E-state index >= 15 is 0 Å². The highest BCUT2D eigenvalue weighted by molar-refractivity contribution is 7.91. The van der Waals surface area contributed by atoms with Crippen LogP contribution in [0.15, 0.2) is 28.8 Å². The second kappa shape index (κ2) is 5.00. The number of nitrogens with one attached hydrogen (secondary N) is 1. The van der Waals surface area contributed by atoms with Crippen molar-refractivity contribution in [2.75, 3.05) is 4.72 Å². The van der Waals surface area contributed by atoms with Crippen molar-refractivity contribution in [1.82, 2.24) is 5.16 Å². The summed E-state index contributed by atoms with van der Waals surface area (Å²) in [5, 5.41) is 3.52. The molecule has 2 rings (SSSR count). The van der Waals surface area contributed by atoms with E-state index in [0.29, 0.717) is 5.76 Å². The summed E-state index contributed by atoms with van der Waals surface area (Å²) >= 11 is 0. The maximum atomic E-state index is 13.6. The van der Waals surface area contributed by atoms with E-state index in [0.717, 1.165) is 5.56 Å². The molecule has 0 saturated carbocycles. The molecule has 0 saturated heterocycles. The van der Waals surface area contributed by atoms with Crippen LogP contribution in [-0.2, 0) is 15.8 Å². The fourth-order valence-corrected chi connectivity index (χ4v) is 2.71. The van der Waals surface area contributed by atoms with Gasteiger partial charge in [-0.1, -0.05) is 17.3 Å². The van der Waals surface area contributed by atoms with Crippen molar-refractivity contribution in [3.8, 4) is 0 Å². The molecule has 0 aliphatic heterocycles. The predicted molar refractivity (Wildman–Crippen MR) is 68.6 cm³/mol. The van der Waals surface area contributed by atoms with Crippen LogP contribution in [0.3, 0.4) is 0 Å². The number of anilines is 1. The minimum absolute atomic E-state index is 0.0880. The first-order chi connectivity index (χ1) is 8.85. The topological polar surface area (TPSA) is 72.2 Å². The second-order valence-corrected chi connectivity index (χ2v) is 6.00. The second-order valence-electron chi connectivity index (χ2n) is 4.28. The molecule has 1 heterocycles. The molecule has 0 amide bonds. The average molecular weight is 284 g/mol. The molecule has 0 spiro atoms. The van der Waals surface area contributed by atoms with Gasteiger partial charge in [0.15, 0.2) is 5.82 Å². The van der Waals surface area contributed by atoms with Crippen molar-refractivity contribution >= 4 is 15.8 Å². The largest absolute Gasteiger partial charge is 0.360 e. The molecule has 0 aliphatic rings. The number of sulfonamides is 1. The Bertz CT molecular complexity index is 695. The molecule has 1 aromatic heterocycles. The maximum absolute atomic E-state index is 13.6. The zero-order valence-corrected chi connectivity index (χ0v) is 11.3. The first kappa shape index (κ1) is 13.5. The quantitative estimate of drug-likeness (QED) is 0.935. The summed E-state index contributed by atoms with van der Waals surface area (Å²) < 4.78 is 44.3. The van der Waals surface area contributed by atoms with Gasteiger partial charge in [0.2, 0.25) is 10.0 Å². The Labute approximate surface area is 110 Å². The molecular formula is C12H13FN2O3S. The lowest BCUT2D eigenvalue weighted by molar-refractivity contribution is 0.400. The molecule has 1 aromatic carbocycles. The van der Waals surface area contributed by atoms with Gasteiger partial charge in [0, 0.05) is 11.6 Å². The van der Waals surface area contributed by atoms with Crippen LogP contribution in [0.5, 0.6) is 0 Å². The Morgan fingerprint density at radius 2 is 2.05 bits per heavy atom. The van der Waals surface area contributed by atoms with Crippen molar-refractivity contribution in [3.63, 3.8) is 0 Å². The molecular weight excluding hydrogens is 271 g/mol. The van der Waals surface area contributed by atoms with Crippen LogP contribution in [0.25, 0.3) is 0 Å². The molecule has 1 N–H and O–H groups in total. The van der Waals surface area contributed by atoms with Crippen LogP contribution in [0, 0.1) is 19.7 Å². The molecule has 102 valence electrons. The highest BCUT2D eigenvalue weighted by atomic mass is 32.2. The third kappa shape index (κ3) is 3.54. The molecule has 0 fully saturated rings. The lowest BCUT2D eigenvalue weighted by atomic mass is 10.2. The molecule has 5 nitrogen and oxygen atoms in total. The van der Waals surface area contributed by atoms with Gasteiger partial charge >= 0.3 is 0 Å². The fourth-order valence-electron chi connectivity index (χ4n) is 1.58. The highest BCUT2D eigenvalue weighted by Gasteiger charge is 2.16. The highest BCUT2D eigenvalue weighted by Crippen LogP contribution is 2.16. The van der Waals surface area contributed by atoms with Crippen molar-refractivity contribution in [3.05, 3.63) is 47.0 Å². The number of nitrogens with zero attached hydrogens (tertiary/aromatic N) is 1. The third-order valence-corrected chi connectivity index (χ3v) is 3.65. The van der Waals surface area contributed by atoms with E-state index in [1.807, 2.05) is 0 Å². The zero-order chi connectivity index (χ0) is 14.0. The van der Waals surface area contributed by atoms with Gasteiger partial charge in [-0.2, -0.15) is 0 Å². The molecule has 0 unspecified atom stereocenters. The fraction of sp³-hybridized carbons (Fsp3) is 0.250. The summed E-state index contributed by atoms with van der Waals surface area (Å²) in [5.41, 5.74) is 0.844. The summed E-state index contributed by atoms with van der Waals surface area (Å²) in [6, 6.07) is 5.86. The number of rotatable bonds is 4. The number of hydrogen-bond donors (Lipinski definition) is 1. The molecule has 0 radical (unpaired) electrons. The normalized spacial score (nSPS) is 11.5. The predicted octanol–water partition coefficient (Wildman–Crippen LogP) is 2.37. The number of aryl methyl sites for hydroxylation is 2. The summed E-state index contributed by atoms with van der Waals surface area (Å²) in [6.07, 6.45) is 0. The van der Waals surface area contributed by atoms with Crippen molar-refractivity contribution in [2.45, 2.75) is 19.6 Å². The van der Waals surface area contributed by atoms with E-state index in [2.05, 4.69) is 9.88 Å². The van der Waals surface area contributed by atoms with Gasteiger partial charge in [-0.15, -0.1) is 0 Å². The Hall–Kier alpha value is -1.89. The molecule has 0 aliphatic carbocycles. The Morgan fingerprint density at radius 1 is 1.32 bits per heavy atom.